The van der Waals surface area contributed by atoms with Gasteiger partial charge in [0.1, 0.15) is 0 Å². The Morgan fingerprint density at radius 3 is 0.928 bits per heavy atom. The first-order valence-corrected chi connectivity index (χ1v) is 26.2. The van der Waals surface area contributed by atoms with Crippen LogP contribution in [0.5, 0.6) is 0 Å². The number of aliphatic imine (C=N–C) groups is 3. The summed E-state index contributed by atoms with van der Waals surface area (Å²) in [6, 6.07) is 37.6. The van der Waals surface area contributed by atoms with Crippen molar-refractivity contribution in [2.24, 2.45) is 15.0 Å². The fourth-order valence-electron chi connectivity index (χ4n) is 9.85. The molecule has 6 heterocycles. The van der Waals surface area contributed by atoms with E-state index < -0.39 is 0 Å². The molecule has 0 radical (unpaired) electrons. The van der Waals surface area contributed by atoms with E-state index >= 15 is 0 Å². The number of anilines is 3. The van der Waals surface area contributed by atoms with Crippen molar-refractivity contribution in [2.75, 3.05) is 74.1 Å². The number of piperazine rings is 1. The molecule has 0 spiro atoms. The highest BCUT2D eigenvalue weighted by Crippen LogP contribution is 2.39. The van der Waals surface area contributed by atoms with E-state index in [1.54, 1.807) is 0 Å². The average Bonchev–Trinajstić information content (AvgIpc) is 4.21. The van der Waals surface area contributed by atoms with Crippen molar-refractivity contribution < 1.29 is 0 Å². The largest absolute Gasteiger partial charge is 0.372 e. The third-order valence-electron chi connectivity index (χ3n) is 13.9. The maximum atomic E-state index is 6.11. The molecule has 6 aromatic rings. The lowest BCUT2D eigenvalue weighted by atomic mass is 10.0. The number of likely N-dealkylation sites (N-methyl/N-ethyl adjacent to an activating group) is 1. The van der Waals surface area contributed by atoms with Gasteiger partial charge in [-0.3, -0.25) is 15.0 Å². The third-order valence-corrected chi connectivity index (χ3v) is 16.0. The highest BCUT2D eigenvalue weighted by atomic mass is 35.5. The second kappa shape index (κ2) is 21.4. The summed E-state index contributed by atoms with van der Waals surface area (Å²) in [6.07, 6.45) is 8.98. The lowest BCUT2D eigenvalue weighted by Gasteiger charge is -2.34. The van der Waals surface area contributed by atoms with Gasteiger partial charge >= 0.3 is 0 Å². The van der Waals surface area contributed by atoms with Crippen LogP contribution in [0.15, 0.2) is 124 Å². The highest BCUT2D eigenvalue weighted by Gasteiger charge is 2.22. The molecule has 69 heavy (non-hydrogen) atoms. The predicted molar refractivity (Wildman–Crippen MR) is 296 cm³/mol. The Labute approximate surface area is 436 Å². The zero-order valence-electron chi connectivity index (χ0n) is 38.6. The number of rotatable bonds is 6. The summed E-state index contributed by atoms with van der Waals surface area (Å²) in [5.74, 6) is 0. The van der Waals surface area contributed by atoms with Crippen LogP contribution in [0.1, 0.15) is 65.5 Å². The van der Waals surface area contributed by atoms with Gasteiger partial charge in [0, 0.05) is 88.7 Å². The standard InChI is InChI=1S/C19H19Cl2N3.C19H18Cl2N2.C18H16Cl2N2/c1-23-6-8-24(9-7-23)15-4-2-13(3-5-15)18-11-14-10-16(20)17(21)12-19(14)22-18;20-16-10-14-11-18(22-19(14)12-17(16)21)13-4-6-15(7-5-13)23-8-2-1-3-9-23;19-15-9-13-10-17(21-18(13)11-16(15)20)12-3-5-14(6-4-12)22-7-1-2-8-22/h2-5,10,12H,6-9,11H2,1H3;4-7,10,12H,1-3,8-9,11H2;3-6,9,11H,1-2,7-8,10H2. The molecule has 6 aromatic carbocycles. The molecule has 6 aliphatic heterocycles. The zero-order valence-corrected chi connectivity index (χ0v) is 43.1. The van der Waals surface area contributed by atoms with Crippen LogP contribution in [0.2, 0.25) is 30.1 Å². The number of halogens is 6. The van der Waals surface area contributed by atoms with E-state index in [0.29, 0.717) is 30.1 Å². The molecule has 0 saturated carbocycles. The topological polar surface area (TPSA) is 50.0 Å². The third kappa shape index (κ3) is 11.2. The first-order chi connectivity index (χ1) is 33.5. The van der Waals surface area contributed by atoms with Gasteiger partial charge in [-0.15, -0.1) is 0 Å². The molecule has 0 unspecified atom stereocenters. The molecule has 0 aromatic heterocycles. The van der Waals surface area contributed by atoms with Crippen LogP contribution in [0.4, 0.5) is 34.1 Å². The first-order valence-electron chi connectivity index (χ1n) is 23.9. The van der Waals surface area contributed by atoms with Crippen molar-refractivity contribution in [3.05, 3.63) is 173 Å². The molecule has 3 fully saturated rings. The number of nitrogens with zero attached hydrogens (tertiary/aromatic N) is 7. The van der Waals surface area contributed by atoms with Gasteiger partial charge in [0.15, 0.2) is 0 Å². The first kappa shape index (κ1) is 48.1. The predicted octanol–water partition coefficient (Wildman–Crippen LogP) is 15.4. The van der Waals surface area contributed by atoms with E-state index in [-0.39, 0.29) is 0 Å². The summed E-state index contributed by atoms with van der Waals surface area (Å²) < 4.78 is 0. The molecule has 0 atom stereocenters. The van der Waals surface area contributed by atoms with E-state index in [1.807, 2.05) is 36.4 Å². The number of fused-ring (bicyclic) bond motifs is 3. The number of benzene rings is 6. The van der Waals surface area contributed by atoms with E-state index in [9.17, 15) is 0 Å². The average molecular weight is 1040 g/mol. The van der Waals surface area contributed by atoms with Gasteiger partial charge < -0.3 is 19.6 Å². The Balaban J connectivity index is 0.000000120. The van der Waals surface area contributed by atoms with E-state index in [0.717, 1.165) is 102 Å². The summed E-state index contributed by atoms with van der Waals surface area (Å²) in [7, 11) is 2.18. The van der Waals surface area contributed by atoms with Crippen LogP contribution in [-0.4, -0.2) is 81.4 Å². The molecule has 13 heteroatoms. The fraction of sp³-hybridized carbons (Fsp3) is 0.304. The molecule has 0 aliphatic carbocycles. The molecular formula is C56H53Cl6N7. The quantitative estimate of drug-likeness (QED) is 0.167. The summed E-state index contributed by atoms with van der Waals surface area (Å²) in [6.45, 7) is 9.08. The second-order valence-electron chi connectivity index (χ2n) is 18.6. The lowest BCUT2D eigenvalue weighted by Crippen LogP contribution is -2.44. The fourth-order valence-corrected chi connectivity index (χ4v) is 10.9. The SMILES string of the molecule is CN1CCN(c2ccc(C3=Nc4cc(Cl)c(Cl)cc4C3)cc2)CC1.Clc1cc2c(cc1Cl)N=C(c1ccc(N3CCCC3)cc1)C2.Clc1cc2c(cc1Cl)N=C(c1ccc(N3CCCCC3)cc1)C2. The molecule has 0 amide bonds. The summed E-state index contributed by atoms with van der Waals surface area (Å²) in [5.41, 5.74) is 16.9. The van der Waals surface area contributed by atoms with Gasteiger partial charge in [0.05, 0.1) is 64.3 Å². The molecule has 0 bridgehead atoms. The summed E-state index contributed by atoms with van der Waals surface area (Å²) >= 11 is 36.6. The Hall–Kier alpha value is -4.57. The minimum Gasteiger partial charge on any atom is -0.372 e. The summed E-state index contributed by atoms with van der Waals surface area (Å²) in [5, 5.41) is 3.48. The van der Waals surface area contributed by atoms with E-state index in [2.05, 4.69) is 99.4 Å². The Morgan fingerprint density at radius 1 is 0.333 bits per heavy atom. The lowest BCUT2D eigenvalue weighted by molar-refractivity contribution is 0.313. The van der Waals surface area contributed by atoms with E-state index in [4.69, 9.17) is 84.6 Å². The van der Waals surface area contributed by atoms with Gasteiger partial charge in [-0.05, 0) is 145 Å². The van der Waals surface area contributed by atoms with Gasteiger partial charge in [-0.1, -0.05) is 106 Å². The number of hydrogen-bond acceptors (Lipinski definition) is 7. The van der Waals surface area contributed by atoms with Crippen LogP contribution in [0.25, 0.3) is 0 Å². The zero-order chi connectivity index (χ0) is 47.6. The molecule has 354 valence electrons. The molecule has 3 saturated heterocycles. The van der Waals surface area contributed by atoms with Crippen LogP contribution >= 0.6 is 69.6 Å². The van der Waals surface area contributed by atoms with E-state index in [1.165, 1.54) is 86.5 Å². The Kier molecular flexibility index (Phi) is 14.9. The van der Waals surface area contributed by atoms with Gasteiger partial charge in [0.25, 0.3) is 0 Å². The monoisotopic (exact) mass is 1030 g/mol. The Morgan fingerprint density at radius 2 is 0.609 bits per heavy atom. The summed E-state index contributed by atoms with van der Waals surface area (Å²) in [4.78, 5) is 23.9. The van der Waals surface area contributed by atoms with Gasteiger partial charge in [-0.25, -0.2) is 0 Å². The van der Waals surface area contributed by atoms with Crippen LogP contribution < -0.4 is 14.7 Å². The van der Waals surface area contributed by atoms with Crippen molar-refractivity contribution in [3.8, 4) is 0 Å². The van der Waals surface area contributed by atoms with Crippen molar-refractivity contribution in [2.45, 2.75) is 51.4 Å². The smallest absolute Gasteiger partial charge is 0.0685 e. The van der Waals surface area contributed by atoms with Crippen LogP contribution in [0.3, 0.4) is 0 Å². The minimum absolute atomic E-state index is 0.561. The minimum atomic E-state index is 0.561. The van der Waals surface area contributed by atoms with Crippen molar-refractivity contribution in [1.29, 1.82) is 0 Å². The number of hydrogen-bond donors (Lipinski definition) is 0. The molecule has 6 aliphatic rings. The number of piperidine rings is 1. The van der Waals surface area contributed by atoms with Crippen LogP contribution in [-0.2, 0) is 19.3 Å². The van der Waals surface area contributed by atoms with Crippen LogP contribution in [0, 0.1) is 0 Å². The maximum absolute atomic E-state index is 6.11. The highest BCUT2D eigenvalue weighted by molar-refractivity contribution is 6.43. The molecular weight excluding hydrogens is 983 g/mol. The molecule has 0 N–H and O–H groups in total. The van der Waals surface area contributed by atoms with Crippen molar-refractivity contribution in [1.82, 2.24) is 4.90 Å². The second-order valence-corrected chi connectivity index (χ2v) is 21.0. The normalized spacial score (nSPS) is 17.3. The van der Waals surface area contributed by atoms with Crippen molar-refractivity contribution in [3.63, 3.8) is 0 Å². The van der Waals surface area contributed by atoms with Crippen molar-refractivity contribution >= 4 is 121 Å². The molecule has 7 nitrogen and oxygen atoms in total. The Bertz CT molecular complexity index is 2930. The van der Waals surface area contributed by atoms with Gasteiger partial charge in [-0.2, -0.15) is 0 Å². The maximum Gasteiger partial charge on any atom is 0.0685 e. The molecule has 12 rings (SSSR count). The van der Waals surface area contributed by atoms with Gasteiger partial charge in [0.2, 0.25) is 0 Å².